The molecule has 0 saturated heterocycles. The third-order valence-electron chi connectivity index (χ3n) is 7.03. The highest BCUT2D eigenvalue weighted by Crippen LogP contribution is 2.37. The molecule has 2 N–H and O–H groups in total. The molecule has 0 spiro atoms. The highest BCUT2D eigenvalue weighted by atomic mass is 35.5. The van der Waals surface area contributed by atoms with Gasteiger partial charge in [-0.15, -0.1) is 0 Å². The van der Waals surface area contributed by atoms with E-state index >= 15 is 0 Å². The highest BCUT2D eigenvalue weighted by molar-refractivity contribution is 6.35. The molecule has 188 valence electrons. The van der Waals surface area contributed by atoms with Crippen LogP contribution in [-0.4, -0.2) is 36.4 Å². The van der Waals surface area contributed by atoms with E-state index in [-0.39, 0.29) is 23.2 Å². The van der Waals surface area contributed by atoms with Crippen molar-refractivity contribution in [3.63, 3.8) is 0 Å². The average Bonchev–Trinajstić information content (AvgIpc) is 3.25. The number of nitrogens with two attached hydrogens (primary N) is 1. The van der Waals surface area contributed by atoms with Crippen molar-refractivity contribution in [2.75, 3.05) is 12.8 Å². The van der Waals surface area contributed by atoms with Crippen LogP contribution >= 0.6 is 11.6 Å². The number of hydrogen-bond donors (Lipinski definition) is 1. The maximum Gasteiger partial charge on any atom is 0.261 e. The Bertz CT molecular complexity index is 1750. The molecule has 11 heteroatoms. The van der Waals surface area contributed by atoms with Crippen LogP contribution in [0.1, 0.15) is 44.1 Å². The normalized spacial score (nSPS) is 14.7. The molecule has 3 heterocycles. The van der Waals surface area contributed by atoms with Gasteiger partial charge in [-0.2, -0.15) is 5.10 Å². The van der Waals surface area contributed by atoms with Crippen molar-refractivity contribution >= 4 is 39.4 Å². The molecule has 9 nitrogen and oxygen atoms in total. The van der Waals surface area contributed by atoms with Gasteiger partial charge in [-0.05, 0) is 56.5 Å². The fourth-order valence-corrected chi connectivity index (χ4v) is 5.10. The summed E-state index contributed by atoms with van der Waals surface area (Å²) in [6.45, 7) is 1.89. The number of ether oxygens (including phenoxy) is 1. The van der Waals surface area contributed by atoms with Crippen LogP contribution in [-0.2, 0) is 0 Å². The molecule has 1 saturated carbocycles. The molecular formula is C26H23ClFN7O2. The number of nitrogens with zero attached hydrogens (tertiary/aromatic N) is 6. The van der Waals surface area contributed by atoms with E-state index in [9.17, 15) is 9.18 Å². The van der Waals surface area contributed by atoms with Gasteiger partial charge in [0.1, 0.15) is 29.7 Å². The summed E-state index contributed by atoms with van der Waals surface area (Å²) < 4.78 is 23.1. The number of aromatic nitrogens is 6. The van der Waals surface area contributed by atoms with Gasteiger partial charge in [-0.25, -0.2) is 24.0 Å². The van der Waals surface area contributed by atoms with Gasteiger partial charge in [0.15, 0.2) is 17.2 Å². The monoisotopic (exact) mass is 519 g/mol. The SMILES string of the molecule is COc1ccc(-c2nn(C(C)c3nc4c(Cl)cccc4c(=O)n3C3CCC3)c3ncnc(N)c23)cc1F. The first-order valence-electron chi connectivity index (χ1n) is 11.9. The van der Waals surface area contributed by atoms with Crippen LogP contribution in [0.5, 0.6) is 5.75 Å². The number of anilines is 1. The summed E-state index contributed by atoms with van der Waals surface area (Å²) in [7, 11) is 1.40. The first kappa shape index (κ1) is 23.4. The van der Waals surface area contributed by atoms with E-state index in [1.54, 1.807) is 33.5 Å². The van der Waals surface area contributed by atoms with Crippen LogP contribution in [0, 0.1) is 5.82 Å². The molecule has 1 unspecified atom stereocenters. The third-order valence-corrected chi connectivity index (χ3v) is 7.34. The highest BCUT2D eigenvalue weighted by Gasteiger charge is 2.30. The predicted molar refractivity (Wildman–Crippen MR) is 139 cm³/mol. The van der Waals surface area contributed by atoms with Crippen molar-refractivity contribution in [1.82, 2.24) is 29.3 Å². The van der Waals surface area contributed by atoms with Gasteiger partial charge in [0, 0.05) is 11.6 Å². The van der Waals surface area contributed by atoms with E-state index < -0.39 is 11.9 Å². The predicted octanol–water partition coefficient (Wildman–Crippen LogP) is 4.92. The van der Waals surface area contributed by atoms with Crippen molar-refractivity contribution in [3.05, 3.63) is 69.7 Å². The minimum Gasteiger partial charge on any atom is -0.494 e. The van der Waals surface area contributed by atoms with Crippen molar-refractivity contribution in [1.29, 1.82) is 0 Å². The second kappa shape index (κ2) is 8.81. The lowest BCUT2D eigenvalue weighted by molar-refractivity contribution is 0.288. The van der Waals surface area contributed by atoms with Crippen LogP contribution in [0.2, 0.25) is 5.02 Å². The smallest absolute Gasteiger partial charge is 0.261 e. The number of para-hydroxylation sites is 1. The van der Waals surface area contributed by atoms with Gasteiger partial charge >= 0.3 is 0 Å². The average molecular weight is 520 g/mol. The number of hydrogen-bond acceptors (Lipinski definition) is 7. The summed E-state index contributed by atoms with van der Waals surface area (Å²) in [4.78, 5) is 27.1. The van der Waals surface area contributed by atoms with Gasteiger partial charge < -0.3 is 10.5 Å². The first-order chi connectivity index (χ1) is 17.9. The lowest BCUT2D eigenvalue weighted by atomic mass is 9.92. The van der Waals surface area contributed by atoms with Gasteiger partial charge in [0.2, 0.25) is 0 Å². The van der Waals surface area contributed by atoms with Gasteiger partial charge in [0.25, 0.3) is 5.56 Å². The Labute approximate surface area is 215 Å². The molecule has 0 amide bonds. The Morgan fingerprint density at radius 3 is 2.73 bits per heavy atom. The fraction of sp³-hybridized carbons (Fsp3) is 0.269. The summed E-state index contributed by atoms with van der Waals surface area (Å²) in [5.41, 5.74) is 7.91. The summed E-state index contributed by atoms with van der Waals surface area (Å²) in [5, 5.41) is 6.16. The minimum atomic E-state index is -0.532. The van der Waals surface area contributed by atoms with Crippen LogP contribution in [0.3, 0.4) is 0 Å². The lowest BCUT2D eigenvalue weighted by Gasteiger charge is -2.31. The number of nitrogen functional groups attached to an aromatic ring is 1. The van der Waals surface area contributed by atoms with Gasteiger partial charge in [0.05, 0.1) is 28.4 Å². The summed E-state index contributed by atoms with van der Waals surface area (Å²) in [5.74, 6) is 0.313. The number of benzene rings is 2. The van der Waals surface area contributed by atoms with Gasteiger partial charge in [-0.1, -0.05) is 17.7 Å². The van der Waals surface area contributed by atoms with Crippen LogP contribution in [0.25, 0.3) is 33.2 Å². The zero-order valence-electron chi connectivity index (χ0n) is 20.2. The Morgan fingerprint density at radius 1 is 1.22 bits per heavy atom. The number of fused-ring (bicyclic) bond motifs is 2. The van der Waals surface area contributed by atoms with Crippen LogP contribution in [0.15, 0.2) is 47.5 Å². The Balaban J connectivity index is 1.60. The summed E-state index contributed by atoms with van der Waals surface area (Å²) in [6.07, 6.45) is 4.17. The maximum atomic E-state index is 14.6. The number of rotatable bonds is 5. The molecule has 1 fully saturated rings. The van der Waals surface area contributed by atoms with Gasteiger partial charge in [-0.3, -0.25) is 9.36 Å². The molecule has 37 heavy (non-hydrogen) atoms. The zero-order chi connectivity index (χ0) is 25.8. The molecule has 1 aliphatic carbocycles. The summed E-state index contributed by atoms with van der Waals surface area (Å²) >= 11 is 6.46. The van der Waals surface area contributed by atoms with Crippen molar-refractivity contribution < 1.29 is 9.13 Å². The van der Waals surface area contributed by atoms with E-state index in [0.717, 1.165) is 19.3 Å². The van der Waals surface area contributed by atoms with Crippen molar-refractivity contribution in [2.45, 2.75) is 38.3 Å². The first-order valence-corrected chi connectivity index (χ1v) is 12.3. The van der Waals surface area contributed by atoms with Crippen molar-refractivity contribution in [2.24, 2.45) is 0 Å². The molecule has 1 aliphatic rings. The van der Waals surface area contributed by atoms with E-state index in [0.29, 0.717) is 44.0 Å². The largest absolute Gasteiger partial charge is 0.494 e. The lowest BCUT2D eigenvalue weighted by Crippen LogP contribution is -2.34. The molecule has 3 aromatic heterocycles. The molecule has 0 aliphatic heterocycles. The Kier molecular flexibility index (Phi) is 5.56. The molecule has 6 rings (SSSR count). The molecular weight excluding hydrogens is 497 g/mol. The Hall–Kier alpha value is -4.05. The summed E-state index contributed by atoms with van der Waals surface area (Å²) in [6, 6.07) is 9.28. The van der Waals surface area contributed by atoms with Crippen LogP contribution in [0.4, 0.5) is 10.2 Å². The minimum absolute atomic E-state index is 0.0394. The molecule has 1 atom stereocenters. The third kappa shape index (κ3) is 3.62. The van der Waals surface area contributed by atoms with E-state index in [1.807, 2.05) is 6.92 Å². The number of methoxy groups -OCH3 is 1. The van der Waals surface area contributed by atoms with Crippen LogP contribution < -0.4 is 16.0 Å². The van der Waals surface area contributed by atoms with E-state index in [1.165, 1.54) is 25.6 Å². The second-order valence-electron chi connectivity index (χ2n) is 9.14. The molecule has 0 bridgehead atoms. The Morgan fingerprint density at radius 2 is 2.03 bits per heavy atom. The van der Waals surface area contributed by atoms with Crippen molar-refractivity contribution in [3.8, 4) is 17.0 Å². The molecule has 5 aromatic rings. The van der Waals surface area contributed by atoms with E-state index in [2.05, 4.69) is 9.97 Å². The van der Waals surface area contributed by atoms with E-state index in [4.69, 9.17) is 32.2 Å². The molecule has 2 aromatic carbocycles. The fourth-order valence-electron chi connectivity index (χ4n) is 4.89. The maximum absolute atomic E-state index is 14.6. The number of halogens is 2. The topological polar surface area (TPSA) is 114 Å². The zero-order valence-corrected chi connectivity index (χ0v) is 20.9. The molecule has 0 radical (unpaired) electrons. The second-order valence-corrected chi connectivity index (χ2v) is 9.55. The standard InChI is InChI=1S/C26H23ClFN7O2/c1-13(24-32-22-16(7-4-8-17(22)27)26(36)34(24)15-5-3-6-15)35-25-20(23(29)30-12-31-25)21(33-35)14-9-10-19(37-2)18(28)11-14/h4,7-13,15H,3,5-6H2,1-2H3,(H2,29,30,31). The quantitative estimate of drug-likeness (QED) is 0.350.